The molecule has 0 aliphatic heterocycles. The molecule has 0 aromatic carbocycles. The second-order valence-electron chi connectivity index (χ2n) is 3.66. The summed E-state index contributed by atoms with van der Waals surface area (Å²) >= 11 is 1.83. The van der Waals surface area contributed by atoms with Gasteiger partial charge in [-0.15, -0.1) is 0 Å². The molecule has 1 saturated carbocycles. The van der Waals surface area contributed by atoms with Crippen molar-refractivity contribution in [3.63, 3.8) is 0 Å². The van der Waals surface area contributed by atoms with Gasteiger partial charge in [-0.25, -0.2) is 0 Å². The average Bonchev–Trinajstić information content (AvgIpc) is 2.70. The number of rotatable bonds is 3. The minimum Gasteiger partial charge on any atom is -0.269 e. The molecule has 0 N–H and O–H groups in total. The van der Waals surface area contributed by atoms with Gasteiger partial charge >= 0.3 is 0 Å². The topological polar surface area (TPSA) is 17.8 Å². The fraction of sp³-hybridized carbons (Fsp3) is 0.700. The van der Waals surface area contributed by atoms with Crippen molar-refractivity contribution >= 4 is 11.8 Å². The Balaban J connectivity index is 2.03. The lowest BCUT2D eigenvalue weighted by Crippen LogP contribution is -2.05. The van der Waals surface area contributed by atoms with Crippen molar-refractivity contribution in [1.29, 1.82) is 0 Å². The van der Waals surface area contributed by atoms with Crippen molar-refractivity contribution in [3.8, 4) is 0 Å². The molecule has 1 heterocycles. The van der Waals surface area contributed by atoms with Crippen LogP contribution in [0.4, 0.5) is 0 Å². The van der Waals surface area contributed by atoms with Gasteiger partial charge in [-0.3, -0.25) is 4.68 Å². The molecular weight excluding hydrogens is 180 g/mol. The molecule has 0 radical (unpaired) electrons. The molecule has 2 rings (SSSR count). The Hall–Kier alpha value is -0.440. The molecule has 3 heteroatoms. The zero-order chi connectivity index (χ0) is 9.10. The van der Waals surface area contributed by atoms with Crippen LogP contribution in [0.25, 0.3) is 0 Å². The fourth-order valence-electron chi connectivity index (χ4n) is 1.97. The molecule has 0 amide bonds. The van der Waals surface area contributed by atoms with Crippen LogP contribution in [0, 0.1) is 0 Å². The first-order valence-corrected chi connectivity index (χ1v) is 6.32. The fourth-order valence-corrected chi connectivity index (χ4v) is 2.42. The Bertz CT molecular complexity index is 264. The van der Waals surface area contributed by atoms with Crippen LogP contribution >= 0.6 is 11.8 Å². The Morgan fingerprint density at radius 1 is 1.54 bits per heavy atom. The van der Waals surface area contributed by atoms with Crippen molar-refractivity contribution in [2.24, 2.45) is 0 Å². The maximum absolute atomic E-state index is 4.58. The van der Waals surface area contributed by atoms with E-state index in [1.807, 2.05) is 11.8 Å². The van der Waals surface area contributed by atoms with E-state index < -0.39 is 0 Å². The Morgan fingerprint density at radius 2 is 2.31 bits per heavy atom. The lowest BCUT2D eigenvalue weighted by atomic mass is 10.3. The van der Waals surface area contributed by atoms with Gasteiger partial charge < -0.3 is 0 Å². The first kappa shape index (κ1) is 9.13. The molecule has 0 saturated heterocycles. The monoisotopic (exact) mass is 196 g/mol. The standard InChI is InChI=1S/C10H16N2S/c1-13-8-9-6-7-12(11-9)10-4-2-3-5-10/h6-7,10H,2-5,8H2,1H3. The molecule has 2 nitrogen and oxygen atoms in total. The number of aromatic nitrogens is 2. The molecule has 0 unspecified atom stereocenters. The van der Waals surface area contributed by atoms with Gasteiger partial charge in [0.25, 0.3) is 0 Å². The summed E-state index contributed by atoms with van der Waals surface area (Å²) in [5, 5.41) is 4.58. The predicted molar refractivity (Wildman–Crippen MR) is 57.0 cm³/mol. The van der Waals surface area contributed by atoms with Crippen LogP contribution in [0.15, 0.2) is 12.3 Å². The summed E-state index contributed by atoms with van der Waals surface area (Å²) in [6.45, 7) is 0. The van der Waals surface area contributed by atoms with Gasteiger partial charge in [0.1, 0.15) is 0 Å². The maximum Gasteiger partial charge on any atom is 0.0723 e. The number of nitrogens with zero attached hydrogens (tertiary/aromatic N) is 2. The van der Waals surface area contributed by atoms with Crippen molar-refractivity contribution < 1.29 is 0 Å². The number of thioether (sulfide) groups is 1. The van der Waals surface area contributed by atoms with Gasteiger partial charge in [-0.1, -0.05) is 12.8 Å². The third-order valence-electron chi connectivity index (χ3n) is 2.65. The van der Waals surface area contributed by atoms with Crippen molar-refractivity contribution in [3.05, 3.63) is 18.0 Å². The molecule has 1 aromatic rings. The second kappa shape index (κ2) is 4.18. The minimum atomic E-state index is 0.690. The summed E-state index contributed by atoms with van der Waals surface area (Å²) in [6, 6.07) is 2.84. The van der Waals surface area contributed by atoms with Gasteiger partial charge in [-0.05, 0) is 25.2 Å². The molecule has 72 valence electrons. The first-order chi connectivity index (χ1) is 6.40. The smallest absolute Gasteiger partial charge is 0.0723 e. The molecule has 1 fully saturated rings. The second-order valence-corrected chi connectivity index (χ2v) is 4.52. The van der Waals surface area contributed by atoms with E-state index in [1.54, 1.807) is 0 Å². The molecule has 1 aliphatic carbocycles. The summed E-state index contributed by atoms with van der Waals surface area (Å²) in [4.78, 5) is 0. The van der Waals surface area contributed by atoms with E-state index in [-0.39, 0.29) is 0 Å². The van der Waals surface area contributed by atoms with Gasteiger partial charge in [0.2, 0.25) is 0 Å². The SMILES string of the molecule is CSCc1ccn(C2CCCC2)n1. The Labute approximate surface area is 83.7 Å². The molecule has 1 aromatic heterocycles. The Kier molecular flexibility index (Phi) is 2.94. The number of hydrogen-bond acceptors (Lipinski definition) is 2. The minimum absolute atomic E-state index is 0.690. The van der Waals surface area contributed by atoms with E-state index in [1.165, 1.54) is 31.4 Å². The highest BCUT2D eigenvalue weighted by molar-refractivity contribution is 7.97. The maximum atomic E-state index is 4.58. The summed E-state index contributed by atoms with van der Waals surface area (Å²) in [7, 11) is 0. The van der Waals surface area contributed by atoms with Crippen LogP contribution in [0.3, 0.4) is 0 Å². The largest absolute Gasteiger partial charge is 0.269 e. The van der Waals surface area contributed by atoms with Crippen LogP contribution in [0.2, 0.25) is 0 Å². The third-order valence-corrected chi connectivity index (χ3v) is 3.24. The highest BCUT2D eigenvalue weighted by Crippen LogP contribution is 2.28. The molecule has 13 heavy (non-hydrogen) atoms. The van der Waals surface area contributed by atoms with Crippen LogP contribution in [-0.4, -0.2) is 16.0 Å². The van der Waals surface area contributed by atoms with Gasteiger partial charge in [-0.2, -0.15) is 16.9 Å². The van der Waals surface area contributed by atoms with Crippen molar-refractivity contribution in [2.75, 3.05) is 6.26 Å². The highest BCUT2D eigenvalue weighted by atomic mass is 32.2. The van der Waals surface area contributed by atoms with Gasteiger partial charge in [0, 0.05) is 11.9 Å². The number of hydrogen-bond donors (Lipinski definition) is 0. The van der Waals surface area contributed by atoms with Crippen molar-refractivity contribution in [2.45, 2.75) is 37.5 Å². The predicted octanol–water partition coefficient (Wildman–Crippen LogP) is 2.86. The van der Waals surface area contributed by atoms with E-state index in [9.17, 15) is 0 Å². The summed E-state index contributed by atoms with van der Waals surface area (Å²) < 4.78 is 2.17. The lowest BCUT2D eigenvalue weighted by Gasteiger charge is -2.08. The summed E-state index contributed by atoms with van der Waals surface area (Å²) in [6.07, 6.45) is 9.65. The first-order valence-electron chi connectivity index (χ1n) is 4.93. The van der Waals surface area contributed by atoms with Crippen molar-refractivity contribution in [1.82, 2.24) is 9.78 Å². The Morgan fingerprint density at radius 3 is 3.00 bits per heavy atom. The van der Waals surface area contributed by atoms with E-state index in [0.717, 1.165) is 5.75 Å². The molecule has 0 spiro atoms. The summed E-state index contributed by atoms with van der Waals surface area (Å²) in [5.41, 5.74) is 1.22. The zero-order valence-corrected chi connectivity index (χ0v) is 8.89. The van der Waals surface area contributed by atoms with Crippen LogP contribution in [0.5, 0.6) is 0 Å². The highest BCUT2D eigenvalue weighted by Gasteiger charge is 2.17. The molecule has 1 aliphatic rings. The van der Waals surface area contributed by atoms with E-state index in [2.05, 4.69) is 28.3 Å². The quantitative estimate of drug-likeness (QED) is 0.740. The van der Waals surface area contributed by atoms with Crippen LogP contribution in [0.1, 0.15) is 37.4 Å². The molecule has 0 bridgehead atoms. The molecule has 0 atom stereocenters. The van der Waals surface area contributed by atoms with Crippen LogP contribution in [-0.2, 0) is 5.75 Å². The van der Waals surface area contributed by atoms with E-state index in [0.29, 0.717) is 6.04 Å². The lowest BCUT2D eigenvalue weighted by molar-refractivity contribution is 0.464. The summed E-state index contributed by atoms with van der Waals surface area (Å²) in [5.74, 6) is 1.04. The van der Waals surface area contributed by atoms with E-state index in [4.69, 9.17) is 0 Å². The van der Waals surface area contributed by atoms with E-state index >= 15 is 0 Å². The van der Waals surface area contributed by atoms with Gasteiger partial charge in [0.05, 0.1) is 11.7 Å². The van der Waals surface area contributed by atoms with Gasteiger partial charge in [0.15, 0.2) is 0 Å². The molecular formula is C10H16N2S. The normalized spacial score (nSPS) is 18.2. The average molecular weight is 196 g/mol. The third kappa shape index (κ3) is 2.08. The van der Waals surface area contributed by atoms with Crippen LogP contribution < -0.4 is 0 Å². The zero-order valence-electron chi connectivity index (χ0n) is 8.07.